The van der Waals surface area contributed by atoms with Crippen molar-refractivity contribution in [3.63, 3.8) is 0 Å². The molecule has 3 aromatic carbocycles. The standard InChI is InChI=1S/C23H20FN3O4S/c1-29-20-12-5-16(13-21(20)30-2)22(28)31-19-10-3-15(4-11-19)14-25-27-23(32)26-18-8-6-17(24)7-9-18/h3-14H,1-2H3,(H2,26,27,32)/b25-14+. The van der Waals surface area contributed by atoms with Crippen LogP contribution in [0.25, 0.3) is 0 Å². The maximum Gasteiger partial charge on any atom is 0.343 e. The van der Waals surface area contributed by atoms with Crippen molar-refractivity contribution >= 4 is 35.2 Å². The van der Waals surface area contributed by atoms with Crippen LogP contribution in [0, 0.1) is 5.82 Å². The van der Waals surface area contributed by atoms with Crippen molar-refractivity contribution in [2.24, 2.45) is 5.10 Å². The summed E-state index contributed by atoms with van der Waals surface area (Å²) in [7, 11) is 3.01. The molecule has 0 aromatic heterocycles. The summed E-state index contributed by atoms with van der Waals surface area (Å²) in [6.07, 6.45) is 1.55. The molecule has 0 saturated heterocycles. The van der Waals surface area contributed by atoms with Crippen LogP contribution < -0.4 is 25.0 Å². The summed E-state index contributed by atoms with van der Waals surface area (Å²) >= 11 is 5.13. The lowest BCUT2D eigenvalue weighted by Crippen LogP contribution is -2.23. The van der Waals surface area contributed by atoms with E-state index in [1.165, 1.54) is 26.4 Å². The maximum atomic E-state index is 12.9. The maximum absolute atomic E-state index is 12.9. The number of anilines is 1. The lowest BCUT2D eigenvalue weighted by molar-refractivity contribution is 0.0734. The third kappa shape index (κ3) is 6.26. The normalized spacial score (nSPS) is 10.5. The summed E-state index contributed by atoms with van der Waals surface area (Å²) in [5, 5.41) is 7.18. The van der Waals surface area contributed by atoms with E-state index in [1.807, 2.05) is 0 Å². The number of nitrogens with one attached hydrogen (secondary N) is 2. The molecule has 0 aliphatic heterocycles. The molecule has 32 heavy (non-hydrogen) atoms. The van der Waals surface area contributed by atoms with Gasteiger partial charge >= 0.3 is 5.97 Å². The molecular formula is C23H20FN3O4S. The first kappa shape index (κ1) is 22.7. The fourth-order valence-electron chi connectivity index (χ4n) is 2.61. The highest BCUT2D eigenvalue weighted by atomic mass is 32.1. The fraction of sp³-hybridized carbons (Fsp3) is 0.0870. The second-order valence-electron chi connectivity index (χ2n) is 6.36. The van der Waals surface area contributed by atoms with Crippen molar-refractivity contribution in [3.05, 3.63) is 83.7 Å². The zero-order valence-electron chi connectivity index (χ0n) is 17.3. The highest BCUT2D eigenvalue weighted by Gasteiger charge is 2.12. The predicted octanol–water partition coefficient (Wildman–Crippen LogP) is 4.38. The van der Waals surface area contributed by atoms with Gasteiger partial charge < -0.3 is 19.5 Å². The van der Waals surface area contributed by atoms with Crippen LogP contribution in [0.3, 0.4) is 0 Å². The van der Waals surface area contributed by atoms with Gasteiger partial charge in [-0.05, 0) is 84.5 Å². The molecule has 0 atom stereocenters. The molecule has 0 saturated carbocycles. The van der Waals surface area contributed by atoms with Crippen LogP contribution in [0.5, 0.6) is 17.2 Å². The van der Waals surface area contributed by atoms with Gasteiger partial charge in [0.05, 0.1) is 26.0 Å². The predicted molar refractivity (Wildman–Crippen MR) is 124 cm³/mol. The van der Waals surface area contributed by atoms with Crippen molar-refractivity contribution in [3.8, 4) is 17.2 Å². The minimum atomic E-state index is -0.522. The minimum absolute atomic E-state index is 0.258. The Bertz CT molecular complexity index is 1120. The van der Waals surface area contributed by atoms with Crippen molar-refractivity contribution in [1.29, 1.82) is 0 Å². The average molecular weight is 453 g/mol. The van der Waals surface area contributed by atoms with Gasteiger partial charge in [-0.25, -0.2) is 9.18 Å². The second kappa shape index (κ2) is 10.9. The van der Waals surface area contributed by atoms with E-state index in [4.69, 9.17) is 26.4 Å². The van der Waals surface area contributed by atoms with Gasteiger partial charge in [0.25, 0.3) is 0 Å². The summed E-state index contributed by atoms with van der Waals surface area (Å²) in [6, 6.07) is 17.3. The van der Waals surface area contributed by atoms with Gasteiger partial charge in [-0.15, -0.1) is 0 Å². The highest BCUT2D eigenvalue weighted by Crippen LogP contribution is 2.28. The van der Waals surface area contributed by atoms with Crippen LogP contribution in [0.1, 0.15) is 15.9 Å². The lowest BCUT2D eigenvalue weighted by atomic mass is 10.2. The molecule has 0 spiro atoms. The van der Waals surface area contributed by atoms with Gasteiger partial charge in [0.1, 0.15) is 11.6 Å². The first-order valence-electron chi connectivity index (χ1n) is 9.38. The molecule has 0 radical (unpaired) electrons. The molecule has 9 heteroatoms. The van der Waals surface area contributed by atoms with Gasteiger partial charge in [0.2, 0.25) is 0 Å². The molecule has 0 bridgehead atoms. The minimum Gasteiger partial charge on any atom is -0.493 e. The van der Waals surface area contributed by atoms with E-state index in [2.05, 4.69) is 15.8 Å². The first-order chi connectivity index (χ1) is 15.5. The van der Waals surface area contributed by atoms with E-state index in [-0.39, 0.29) is 10.9 Å². The van der Waals surface area contributed by atoms with Crippen molar-refractivity contribution < 1.29 is 23.4 Å². The topological polar surface area (TPSA) is 81.2 Å². The SMILES string of the molecule is COc1ccc(C(=O)Oc2ccc(/C=N/NC(=S)Nc3ccc(F)cc3)cc2)cc1OC. The first-order valence-corrected chi connectivity index (χ1v) is 9.79. The van der Waals surface area contributed by atoms with Crippen molar-refractivity contribution in [2.45, 2.75) is 0 Å². The number of benzene rings is 3. The third-order valence-corrected chi connectivity index (χ3v) is 4.39. The number of nitrogens with zero attached hydrogens (tertiary/aromatic N) is 1. The van der Waals surface area contributed by atoms with Gasteiger partial charge in [-0.3, -0.25) is 5.43 Å². The molecule has 0 amide bonds. The van der Waals surface area contributed by atoms with Crippen molar-refractivity contribution in [1.82, 2.24) is 5.43 Å². The number of hydrogen-bond donors (Lipinski definition) is 2. The Morgan fingerprint density at radius 3 is 2.31 bits per heavy atom. The smallest absolute Gasteiger partial charge is 0.343 e. The van der Waals surface area contributed by atoms with Gasteiger partial charge in [0, 0.05) is 5.69 Å². The van der Waals surface area contributed by atoms with Crippen LogP contribution in [0.2, 0.25) is 0 Å². The molecule has 3 rings (SSSR count). The number of carbonyl (C=O) groups is 1. The Kier molecular flexibility index (Phi) is 7.71. The van der Waals surface area contributed by atoms with E-state index in [9.17, 15) is 9.18 Å². The Morgan fingerprint density at radius 2 is 1.66 bits per heavy atom. The molecule has 164 valence electrons. The summed E-state index contributed by atoms with van der Waals surface area (Å²) in [4.78, 5) is 12.4. The van der Waals surface area contributed by atoms with Crippen LogP contribution in [0.15, 0.2) is 71.8 Å². The largest absolute Gasteiger partial charge is 0.493 e. The Hall–Kier alpha value is -3.98. The van der Waals surface area contributed by atoms with Crippen molar-refractivity contribution in [2.75, 3.05) is 19.5 Å². The number of esters is 1. The number of ether oxygens (including phenoxy) is 3. The van der Waals surface area contributed by atoms with Crippen LogP contribution in [-0.4, -0.2) is 31.5 Å². The molecule has 0 unspecified atom stereocenters. The van der Waals surface area contributed by atoms with Crippen LogP contribution >= 0.6 is 12.2 Å². The number of carbonyl (C=O) groups excluding carboxylic acids is 1. The zero-order valence-corrected chi connectivity index (χ0v) is 18.1. The molecule has 2 N–H and O–H groups in total. The molecular weight excluding hydrogens is 433 g/mol. The molecule has 3 aromatic rings. The molecule has 0 aliphatic carbocycles. The number of thiocarbonyl (C=S) groups is 1. The second-order valence-corrected chi connectivity index (χ2v) is 6.77. The van der Waals surface area contributed by atoms with E-state index < -0.39 is 5.97 Å². The van der Waals surface area contributed by atoms with Gasteiger partial charge in [0.15, 0.2) is 16.6 Å². The molecule has 0 heterocycles. The van der Waals surface area contributed by atoms with E-state index >= 15 is 0 Å². The number of hydrogen-bond acceptors (Lipinski definition) is 6. The summed E-state index contributed by atoms with van der Waals surface area (Å²) in [6.45, 7) is 0. The summed E-state index contributed by atoms with van der Waals surface area (Å²) < 4.78 is 28.7. The Morgan fingerprint density at radius 1 is 0.969 bits per heavy atom. The molecule has 0 fully saturated rings. The lowest BCUT2D eigenvalue weighted by Gasteiger charge is -2.09. The van der Waals surface area contributed by atoms with E-state index in [0.717, 1.165) is 5.56 Å². The number of halogens is 1. The summed E-state index contributed by atoms with van der Waals surface area (Å²) in [5.74, 6) is 0.487. The Balaban J connectivity index is 1.53. The van der Waals surface area contributed by atoms with Crippen LogP contribution in [-0.2, 0) is 0 Å². The number of methoxy groups -OCH3 is 2. The summed E-state index contributed by atoms with van der Waals surface area (Å²) in [5.41, 5.74) is 4.40. The third-order valence-electron chi connectivity index (χ3n) is 4.19. The van der Waals surface area contributed by atoms with Gasteiger partial charge in [-0.1, -0.05) is 0 Å². The number of rotatable bonds is 7. The molecule has 7 nitrogen and oxygen atoms in total. The van der Waals surface area contributed by atoms with E-state index in [0.29, 0.717) is 28.5 Å². The average Bonchev–Trinajstić information content (AvgIpc) is 2.81. The highest BCUT2D eigenvalue weighted by molar-refractivity contribution is 7.80. The van der Waals surface area contributed by atoms with Crippen LogP contribution in [0.4, 0.5) is 10.1 Å². The fourth-order valence-corrected chi connectivity index (χ4v) is 2.78. The quantitative estimate of drug-likeness (QED) is 0.181. The molecule has 0 aliphatic rings. The van der Waals surface area contributed by atoms with Gasteiger partial charge in [-0.2, -0.15) is 5.10 Å². The zero-order chi connectivity index (χ0) is 22.9. The number of hydrazone groups is 1. The Labute approximate surface area is 189 Å². The van der Waals surface area contributed by atoms with E-state index in [1.54, 1.807) is 60.8 Å². The monoisotopic (exact) mass is 453 g/mol.